The van der Waals surface area contributed by atoms with Crippen LogP contribution in [-0.4, -0.2) is 23.8 Å². The number of carbonyl (C=O) groups excluding carboxylic acids is 1. The fraction of sp³-hybridized carbons (Fsp3) is 0.833. The molecule has 1 aliphatic heterocycles. The Kier molecular flexibility index (Phi) is 1.71. The van der Waals surface area contributed by atoms with Gasteiger partial charge in [0.25, 0.3) is 0 Å². The summed E-state index contributed by atoms with van der Waals surface area (Å²) >= 11 is 0. The number of hydrogen-bond donors (Lipinski definition) is 1. The lowest BCUT2D eigenvalue weighted by Crippen LogP contribution is -2.11. The molecule has 0 spiro atoms. The van der Waals surface area contributed by atoms with E-state index in [0.29, 0.717) is 6.42 Å². The second kappa shape index (κ2) is 2.35. The SMILES string of the molecule is CC1C[C@@H](CO)C(=O)O1. The second-order valence-electron chi connectivity index (χ2n) is 2.36. The molecule has 3 nitrogen and oxygen atoms in total. The second-order valence-corrected chi connectivity index (χ2v) is 2.36. The Labute approximate surface area is 53.6 Å². The van der Waals surface area contributed by atoms with Gasteiger partial charge in [0.15, 0.2) is 0 Å². The number of esters is 1. The number of ether oxygens (including phenoxy) is 1. The highest BCUT2D eigenvalue weighted by Crippen LogP contribution is 2.19. The van der Waals surface area contributed by atoms with Gasteiger partial charge < -0.3 is 9.84 Å². The van der Waals surface area contributed by atoms with Crippen LogP contribution in [0.25, 0.3) is 0 Å². The van der Waals surface area contributed by atoms with Crippen molar-refractivity contribution < 1.29 is 14.6 Å². The van der Waals surface area contributed by atoms with Gasteiger partial charge in [-0.2, -0.15) is 0 Å². The molecule has 0 aromatic heterocycles. The minimum absolute atomic E-state index is 0.00495. The van der Waals surface area contributed by atoms with Gasteiger partial charge in [-0.15, -0.1) is 0 Å². The van der Waals surface area contributed by atoms with Crippen molar-refractivity contribution in [3.05, 3.63) is 0 Å². The molecule has 0 radical (unpaired) electrons. The zero-order valence-corrected chi connectivity index (χ0v) is 5.33. The molecule has 0 bridgehead atoms. The summed E-state index contributed by atoms with van der Waals surface area (Å²) in [5.74, 6) is -0.523. The molecule has 1 fully saturated rings. The molecule has 0 saturated carbocycles. The van der Waals surface area contributed by atoms with Gasteiger partial charge in [-0.3, -0.25) is 4.79 Å². The lowest BCUT2D eigenvalue weighted by atomic mass is 10.1. The number of aliphatic hydroxyl groups is 1. The van der Waals surface area contributed by atoms with Gasteiger partial charge in [0.05, 0.1) is 18.6 Å². The monoisotopic (exact) mass is 130 g/mol. The lowest BCUT2D eigenvalue weighted by Gasteiger charge is -1.95. The molecule has 2 atom stereocenters. The van der Waals surface area contributed by atoms with E-state index < -0.39 is 0 Å². The molecule has 3 heteroatoms. The molecular formula is C6H10O3. The summed E-state index contributed by atoms with van der Waals surface area (Å²) in [5, 5.41) is 8.55. The number of hydrogen-bond acceptors (Lipinski definition) is 3. The van der Waals surface area contributed by atoms with Gasteiger partial charge >= 0.3 is 5.97 Å². The van der Waals surface area contributed by atoms with E-state index in [9.17, 15) is 4.79 Å². The molecule has 1 saturated heterocycles. The maximum atomic E-state index is 10.6. The molecule has 0 amide bonds. The summed E-state index contributed by atoms with van der Waals surface area (Å²) in [6.45, 7) is 1.75. The summed E-state index contributed by atoms with van der Waals surface area (Å²) in [6, 6.07) is 0. The Morgan fingerprint density at radius 3 is 2.78 bits per heavy atom. The van der Waals surface area contributed by atoms with Crippen molar-refractivity contribution in [1.82, 2.24) is 0 Å². The molecule has 1 rings (SSSR count). The predicted octanol–water partition coefficient (Wildman–Crippen LogP) is -0.0697. The van der Waals surface area contributed by atoms with E-state index in [2.05, 4.69) is 0 Å². The highest BCUT2D eigenvalue weighted by Gasteiger charge is 2.30. The molecule has 1 N–H and O–H groups in total. The molecule has 0 aromatic rings. The Morgan fingerprint density at radius 1 is 1.89 bits per heavy atom. The van der Waals surface area contributed by atoms with Crippen molar-refractivity contribution in [3.8, 4) is 0 Å². The Morgan fingerprint density at radius 2 is 2.56 bits per heavy atom. The maximum absolute atomic E-state index is 10.6. The van der Waals surface area contributed by atoms with Crippen molar-refractivity contribution >= 4 is 5.97 Å². The van der Waals surface area contributed by atoms with Crippen LogP contribution in [0.5, 0.6) is 0 Å². The van der Waals surface area contributed by atoms with Gasteiger partial charge in [0.1, 0.15) is 0 Å². The van der Waals surface area contributed by atoms with Crippen LogP contribution in [0.4, 0.5) is 0 Å². The fourth-order valence-corrected chi connectivity index (χ4v) is 0.989. The summed E-state index contributed by atoms with van der Waals surface area (Å²) in [7, 11) is 0. The van der Waals surface area contributed by atoms with Crippen molar-refractivity contribution in [2.45, 2.75) is 19.4 Å². The van der Waals surface area contributed by atoms with Gasteiger partial charge in [0.2, 0.25) is 0 Å². The zero-order chi connectivity index (χ0) is 6.85. The first kappa shape index (κ1) is 6.55. The quantitative estimate of drug-likeness (QED) is 0.505. The first-order chi connectivity index (χ1) is 4.24. The van der Waals surface area contributed by atoms with E-state index in [4.69, 9.17) is 9.84 Å². The van der Waals surface area contributed by atoms with Crippen LogP contribution in [0.3, 0.4) is 0 Å². The van der Waals surface area contributed by atoms with E-state index in [-0.39, 0.29) is 24.6 Å². The van der Waals surface area contributed by atoms with Crippen molar-refractivity contribution in [2.75, 3.05) is 6.61 Å². The topological polar surface area (TPSA) is 46.5 Å². The van der Waals surface area contributed by atoms with E-state index in [1.807, 2.05) is 6.92 Å². The van der Waals surface area contributed by atoms with Crippen molar-refractivity contribution in [1.29, 1.82) is 0 Å². The van der Waals surface area contributed by atoms with Crippen molar-refractivity contribution in [3.63, 3.8) is 0 Å². The van der Waals surface area contributed by atoms with Gasteiger partial charge in [-0.25, -0.2) is 0 Å². The number of rotatable bonds is 1. The Hall–Kier alpha value is -0.570. The summed E-state index contributed by atoms with van der Waals surface area (Å²) in [4.78, 5) is 10.6. The van der Waals surface area contributed by atoms with Crippen LogP contribution in [0.1, 0.15) is 13.3 Å². The standard InChI is InChI=1S/C6H10O3/c1-4-2-5(3-7)6(8)9-4/h4-5,7H,2-3H2,1H3/t4?,5-/m0/s1. The zero-order valence-electron chi connectivity index (χ0n) is 5.33. The van der Waals surface area contributed by atoms with E-state index in [1.165, 1.54) is 0 Å². The highest BCUT2D eigenvalue weighted by molar-refractivity contribution is 5.74. The summed E-state index contributed by atoms with van der Waals surface area (Å²) in [5.41, 5.74) is 0. The van der Waals surface area contributed by atoms with Crippen LogP contribution in [0.2, 0.25) is 0 Å². The highest BCUT2D eigenvalue weighted by atomic mass is 16.6. The Balaban J connectivity index is 2.48. The summed E-state index contributed by atoms with van der Waals surface area (Å²) in [6.07, 6.45) is 0.657. The first-order valence-corrected chi connectivity index (χ1v) is 3.05. The van der Waals surface area contributed by atoms with Crippen molar-refractivity contribution in [2.24, 2.45) is 5.92 Å². The van der Waals surface area contributed by atoms with Crippen LogP contribution < -0.4 is 0 Å². The van der Waals surface area contributed by atoms with E-state index in [0.717, 1.165) is 0 Å². The molecule has 0 aliphatic carbocycles. The minimum atomic E-state index is -0.264. The first-order valence-electron chi connectivity index (χ1n) is 3.05. The largest absolute Gasteiger partial charge is 0.462 e. The Bertz CT molecular complexity index is 121. The average molecular weight is 130 g/mol. The molecule has 1 aliphatic rings. The predicted molar refractivity (Wildman–Crippen MR) is 30.7 cm³/mol. The number of aliphatic hydroxyl groups excluding tert-OH is 1. The molecular weight excluding hydrogens is 120 g/mol. The number of cyclic esters (lactones) is 1. The normalized spacial score (nSPS) is 34.7. The van der Waals surface area contributed by atoms with E-state index in [1.54, 1.807) is 0 Å². The molecule has 0 aromatic carbocycles. The van der Waals surface area contributed by atoms with Crippen LogP contribution >= 0.6 is 0 Å². The smallest absolute Gasteiger partial charge is 0.311 e. The van der Waals surface area contributed by atoms with Gasteiger partial charge in [0, 0.05) is 0 Å². The minimum Gasteiger partial charge on any atom is -0.462 e. The molecule has 52 valence electrons. The van der Waals surface area contributed by atoms with E-state index >= 15 is 0 Å². The number of carbonyl (C=O) groups is 1. The third kappa shape index (κ3) is 1.21. The molecule has 1 unspecified atom stereocenters. The molecule has 1 heterocycles. The fourth-order valence-electron chi connectivity index (χ4n) is 0.989. The molecule has 9 heavy (non-hydrogen) atoms. The van der Waals surface area contributed by atoms with Crippen LogP contribution in [-0.2, 0) is 9.53 Å². The van der Waals surface area contributed by atoms with Gasteiger partial charge in [-0.1, -0.05) is 0 Å². The van der Waals surface area contributed by atoms with Crippen LogP contribution in [0, 0.1) is 5.92 Å². The lowest BCUT2D eigenvalue weighted by molar-refractivity contribution is -0.144. The maximum Gasteiger partial charge on any atom is 0.311 e. The van der Waals surface area contributed by atoms with Gasteiger partial charge in [-0.05, 0) is 13.3 Å². The third-order valence-electron chi connectivity index (χ3n) is 1.49. The third-order valence-corrected chi connectivity index (χ3v) is 1.49. The average Bonchev–Trinajstić information content (AvgIpc) is 2.10. The summed E-state index contributed by atoms with van der Waals surface area (Å²) < 4.78 is 4.77. The van der Waals surface area contributed by atoms with Crippen LogP contribution in [0.15, 0.2) is 0 Å².